The Kier molecular flexibility index (Phi) is 5.61. The highest BCUT2D eigenvalue weighted by Crippen LogP contribution is 2.30. The standard InChI is InChI=1S/C20H19N3O3S/c1-13-7-9-15(10-8-13)27-12-19(25)22-21-18(24)11-23-14(2)16-5-3-4-6-17(16)20(23)26/h3-10H,2,11-12H2,1H3,(H,21,24)(H,22,25). The van der Waals surface area contributed by atoms with Gasteiger partial charge in [-0.05, 0) is 25.1 Å². The van der Waals surface area contributed by atoms with E-state index in [4.69, 9.17) is 0 Å². The van der Waals surface area contributed by atoms with Gasteiger partial charge in [-0.2, -0.15) is 0 Å². The zero-order valence-electron chi connectivity index (χ0n) is 14.8. The van der Waals surface area contributed by atoms with E-state index in [9.17, 15) is 14.4 Å². The molecule has 3 rings (SSSR count). The summed E-state index contributed by atoms with van der Waals surface area (Å²) in [5.41, 5.74) is 7.56. The van der Waals surface area contributed by atoms with Gasteiger partial charge in [-0.25, -0.2) is 0 Å². The topological polar surface area (TPSA) is 78.5 Å². The second-order valence-electron chi connectivity index (χ2n) is 6.08. The van der Waals surface area contributed by atoms with Gasteiger partial charge in [0, 0.05) is 21.7 Å². The summed E-state index contributed by atoms with van der Waals surface area (Å²) >= 11 is 1.37. The predicted octanol–water partition coefficient (Wildman–Crippen LogP) is 2.36. The molecule has 6 nitrogen and oxygen atoms in total. The third-order valence-corrected chi connectivity index (χ3v) is 5.09. The molecule has 1 heterocycles. The Bertz CT molecular complexity index is 874. The fourth-order valence-corrected chi connectivity index (χ4v) is 3.34. The molecular formula is C20H19N3O3S. The Balaban J connectivity index is 1.46. The number of benzene rings is 2. The molecule has 0 fully saturated rings. The van der Waals surface area contributed by atoms with Crippen molar-refractivity contribution in [1.29, 1.82) is 0 Å². The molecule has 0 radical (unpaired) electrons. The second-order valence-corrected chi connectivity index (χ2v) is 7.13. The van der Waals surface area contributed by atoms with Gasteiger partial charge in [0.1, 0.15) is 6.54 Å². The van der Waals surface area contributed by atoms with Crippen LogP contribution in [0.4, 0.5) is 0 Å². The minimum absolute atomic E-state index is 0.171. The molecule has 0 atom stereocenters. The summed E-state index contributed by atoms with van der Waals surface area (Å²) in [4.78, 5) is 38.6. The van der Waals surface area contributed by atoms with Crippen molar-refractivity contribution >= 4 is 35.2 Å². The SMILES string of the molecule is C=C1c2ccccc2C(=O)N1CC(=O)NNC(=O)CSc1ccc(C)cc1. The van der Waals surface area contributed by atoms with Crippen LogP contribution in [0.1, 0.15) is 21.5 Å². The molecule has 1 aliphatic heterocycles. The van der Waals surface area contributed by atoms with Crippen LogP contribution in [0.2, 0.25) is 0 Å². The molecular weight excluding hydrogens is 362 g/mol. The number of hydrazine groups is 1. The van der Waals surface area contributed by atoms with Gasteiger partial charge in [0.05, 0.1) is 5.75 Å². The molecule has 2 aromatic carbocycles. The molecule has 0 spiro atoms. The summed E-state index contributed by atoms with van der Waals surface area (Å²) in [6.07, 6.45) is 0. The number of carbonyl (C=O) groups excluding carboxylic acids is 3. The van der Waals surface area contributed by atoms with Crippen LogP contribution in [0.25, 0.3) is 5.70 Å². The van der Waals surface area contributed by atoms with Crippen molar-refractivity contribution in [2.24, 2.45) is 0 Å². The number of fused-ring (bicyclic) bond motifs is 1. The van der Waals surface area contributed by atoms with Gasteiger partial charge < -0.3 is 0 Å². The minimum Gasteiger partial charge on any atom is -0.299 e. The number of hydrogen-bond acceptors (Lipinski definition) is 4. The Morgan fingerprint density at radius 2 is 1.63 bits per heavy atom. The van der Waals surface area contributed by atoms with Crippen LogP contribution in [0.5, 0.6) is 0 Å². The van der Waals surface area contributed by atoms with E-state index in [1.54, 1.807) is 18.2 Å². The van der Waals surface area contributed by atoms with E-state index < -0.39 is 5.91 Å². The Morgan fingerprint density at radius 1 is 1.00 bits per heavy atom. The van der Waals surface area contributed by atoms with Crippen molar-refractivity contribution in [2.75, 3.05) is 12.3 Å². The lowest BCUT2D eigenvalue weighted by atomic mass is 10.1. The highest BCUT2D eigenvalue weighted by atomic mass is 32.2. The van der Waals surface area contributed by atoms with Gasteiger partial charge in [-0.1, -0.05) is 42.5 Å². The van der Waals surface area contributed by atoms with E-state index in [0.29, 0.717) is 16.8 Å². The molecule has 2 N–H and O–H groups in total. The first-order valence-corrected chi connectivity index (χ1v) is 9.31. The molecule has 0 saturated heterocycles. The van der Waals surface area contributed by atoms with Crippen molar-refractivity contribution in [3.63, 3.8) is 0 Å². The van der Waals surface area contributed by atoms with Crippen LogP contribution in [0.3, 0.4) is 0 Å². The zero-order chi connectivity index (χ0) is 19.4. The van der Waals surface area contributed by atoms with E-state index in [1.807, 2.05) is 37.3 Å². The van der Waals surface area contributed by atoms with Gasteiger partial charge >= 0.3 is 0 Å². The summed E-state index contributed by atoms with van der Waals surface area (Å²) in [6.45, 7) is 5.66. The van der Waals surface area contributed by atoms with E-state index in [2.05, 4.69) is 17.4 Å². The van der Waals surface area contributed by atoms with E-state index in [1.165, 1.54) is 16.7 Å². The Labute approximate surface area is 161 Å². The molecule has 0 unspecified atom stereocenters. The van der Waals surface area contributed by atoms with Gasteiger partial charge in [-0.15, -0.1) is 11.8 Å². The molecule has 3 amide bonds. The van der Waals surface area contributed by atoms with Gasteiger partial charge in [0.15, 0.2) is 0 Å². The van der Waals surface area contributed by atoms with Crippen molar-refractivity contribution in [3.8, 4) is 0 Å². The first-order chi connectivity index (χ1) is 13.0. The van der Waals surface area contributed by atoms with Gasteiger partial charge in [-0.3, -0.25) is 30.1 Å². The van der Waals surface area contributed by atoms with Crippen molar-refractivity contribution in [3.05, 3.63) is 71.8 Å². The van der Waals surface area contributed by atoms with Crippen molar-refractivity contribution in [2.45, 2.75) is 11.8 Å². The van der Waals surface area contributed by atoms with Crippen molar-refractivity contribution in [1.82, 2.24) is 15.8 Å². The van der Waals surface area contributed by atoms with Crippen LogP contribution in [-0.2, 0) is 9.59 Å². The largest absolute Gasteiger partial charge is 0.299 e. The van der Waals surface area contributed by atoms with Gasteiger partial charge in [0.2, 0.25) is 5.91 Å². The first kappa shape index (κ1) is 18.7. The summed E-state index contributed by atoms with van der Waals surface area (Å²) in [6, 6.07) is 14.9. The monoisotopic (exact) mass is 381 g/mol. The lowest BCUT2D eigenvalue weighted by Crippen LogP contribution is -2.46. The number of thioether (sulfide) groups is 1. The Morgan fingerprint density at radius 3 is 2.30 bits per heavy atom. The number of carbonyl (C=O) groups is 3. The molecule has 7 heteroatoms. The average Bonchev–Trinajstić information content (AvgIpc) is 2.91. The van der Waals surface area contributed by atoms with E-state index in [0.717, 1.165) is 10.5 Å². The minimum atomic E-state index is -0.494. The molecule has 138 valence electrons. The smallest absolute Gasteiger partial charge is 0.259 e. The van der Waals surface area contributed by atoms with Crippen molar-refractivity contribution < 1.29 is 14.4 Å². The number of nitrogens with one attached hydrogen (secondary N) is 2. The molecule has 2 aromatic rings. The summed E-state index contributed by atoms with van der Waals surface area (Å²) in [7, 11) is 0. The second kappa shape index (κ2) is 8.09. The predicted molar refractivity (Wildman–Crippen MR) is 105 cm³/mol. The maximum absolute atomic E-state index is 12.4. The lowest BCUT2D eigenvalue weighted by Gasteiger charge is -2.17. The van der Waals surface area contributed by atoms with Crippen LogP contribution in [0, 0.1) is 6.92 Å². The van der Waals surface area contributed by atoms with E-state index >= 15 is 0 Å². The summed E-state index contributed by atoms with van der Waals surface area (Å²) < 4.78 is 0. The van der Waals surface area contributed by atoms with Crippen LogP contribution >= 0.6 is 11.8 Å². The van der Waals surface area contributed by atoms with Crippen LogP contribution < -0.4 is 10.9 Å². The number of rotatable bonds is 5. The number of aryl methyl sites for hydroxylation is 1. The zero-order valence-corrected chi connectivity index (χ0v) is 15.6. The maximum Gasteiger partial charge on any atom is 0.259 e. The average molecular weight is 381 g/mol. The first-order valence-electron chi connectivity index (χ1n) is 8.33. The number of amides is 3. The van der Waals surface area contributed by atoms with Crippen LogP contribution in [-0.4, -0.2) is 34.9 Å². The fourth-order valence-electron chi connectivity index (χ4n) is 2.64. The fraction of sp³-hybridized carbons (Fsp3) is 0.150. The van der Waals surface area contributed by atoms with Crippen LogP contribution in [0.15, 0.2) is 60.0 Å². The van der Waals surface area contributed by atoms with E-state index in [-0.39, 0.29) is 24.1 Å². The summed E-state index contributed by atoms with van der Waals surface area (Å²) in [5, 5.41) is 0. The third-order valence-electron chi connectivity index (χ3n) is 4.07. The number of hydrogen-bond donors (Lipinski definition) is 2. The molecule has 0 aliphatic carbocycles. The molecule has 0 saturated carbocycles. The maximum atomic E-state index is 12.4. The number of nitrogens with zero attached hydrogens (tertiary/aromatic N) is 1. The quantitative estimate of drug-likeness (QED) is 0.616. The molecule has 27 heavy (non-hydrogen) atoms. The van der Waals surface area contributed by atoms with Gasteiger partial charge in [0.25, 0.3) is 11.8 Å². The highest BCUT2D eigenvalue weighted by Gasteiger charge is 2.31. The molecule has 1 aliphatic rings. The summed E-state index contributed by atoms with van der Waals surface area (Å²) in [5.74, 6) is -0.925. The lowest BCUT2D eigenvalue weighted by molar-refractivity contribution is -0.127. The normalized spacial score (nSPS) is 12.7. The third kappa shape index (κ3) is 4.38. The Hall–Kier alpha value is -3.06. The molecule has 0 aromatic heterocycles. The highest BCUT2D eigenvalue weighted by molar-refractivity contribution is 8.00. The molecule has 0 bridgehead atoms.